The second-order valence-electron chi connectivity index (χ2n) is 10.2. The van der Waals surface area contributed by atoms with Gasteiger partial charge in [-0.3, -0.25) is 0 Å². The molecule has 11 nitrogen and oxygen atoms in total. The van der Waals surface area contributed by atoms with E-state index < -0.39 is 29.8 Å². The minimum Gasteiger partial charge on any atom is -0.494 e. The maximum absolute atomic E-state index is 12.6. The molecule has 0 atom stereocenters. The molecule has 0 amide bonds. The van der Waals surface area contributed by atoms with Crippen LogP contribution >= 0.6 is 0 Å². The van der Waals surface area contributed by atoms with Crippen molar-refractivity contribution < 1.29 is 52.4 Å². The largest absolute Gasteiger partial charge is 0.494 e. The molecule has 0 heterocycles. The molecule has 3 aromatic carbocycles. The molecule has 0 aliphatic carbocycles. The van der Waals surface area contributed by atoms with Crippen LogP contribution in [0, 0.1) is 0 Å². The minimum absolute atomic E-state index is 0.234. The third-order valence-electron chi connectivity index (χ3n) is 6.59. The maximum Gasteiger partial charge on any atom is 0.343 e. The molecule has 0 aromatic heterocycles. The Morgan fingerprint density at radius 1 is 0.438 bits per heavy atom. The van der Waals surface area contributed by atoms with E-state index in [0.29, 0.717) is 56.0 Å². The van der Waals surface area contributed by atoms with E-state index in [2.05, 4.69) is 13.2 Å². The fourth-order valence-electron chi connectivity index (χ4n) is 4.00. The van der Waals surface area contributed by atoms with Crippen LogP contribution in [0.2, 0.25) is 0 Å². The van der Waals surface area contributed by atoms with E-state index in [0.717, 1.165) is 31.4 Å². The number of benzene rings is 3. The van der Waals surface area contributed by atoms with Gasteiger partial charge < -0.3 is 28.4 Å². The topological polar surface area (TPSA) is 141 Å². The molecular weight excluding hydrogens is 620 g/mol. The Bertz CT molecular complexity index is 1520. The molecule has 3 aromatic rings. The molecule has 0 aliphatic heterocycles. The molecule has 0 spiro atoms. The third-order valence-corrected chi connectivity index (χ3v) is 6.59. The highest BCUT2D eigenvalue weighted by atomic mass is 16.5. The van der Waals surface area contributed by atoms with Gasteiger partial charge in [-0.2, -0.15) is 0 Å². The van der Waals surface area contributed by atoms with E-state index in [4.69, 9.17) is 28.4 Å². The number of hydrogen-bond acceptors (Lipinski definition) is 11. The van der Waals surface area contributed by atoms with Crippen molar-refractivity contribution in [3.05, 3.63) is 115 Å². The van der Waals surface area contributed by atoms with Gasteiger partial charge in [-0.15, -0.1) is 0 Å². The van der Waals surface area contributed by atoms with Gasteiger partial charge in [0.15, 0.2) is 0 Å². The lowest BCUT2D eigenvalue weighted by molar-refractivity contribution is -0.138. The molecule has 48 heavy (non-hydrogen) atoms. The Morgan fingerprint density at radius 3 is 1.23 bits per heavy atom. The minimum atomic E-state index is -0.629. The van der Waals surface area contributed by atoms with Crippen LogP contribution in [0.3, 0.4) is 0 Å². The predicted octanol–water partition coefficient (Wildman–Crippen LogP) is 6.46. The van der Waals surface area contributed by atoms with Crippen LogP contribution in [-0.2, 0) is 23.8 Å². The second-order valence-corrected chi connectivity index (χ2v) is 10.2. The van der Waals surface area contributed by atoms with Crippen LogP contribution in [0.5, 0.6) is 17.2 Å². The van der Waals surface area contributed by atoms with E-state index >= 15 is 0 Å². The summed E-state index contributed by atoms with van der Waals surface area (Å²) in [6.07, 6.45) is 6.63. The third kappa shape index (κ3) is 13.3. The number of rotatable bonds is 20. The summed E-state index contributed by atoms with van der Waals surface area (Å²) in [6.45, 7) is 7.98. The molecule has 3 rings (SSSR count). The number of ether oxygens (including phenoxy) is 6. The van der Waals surface area contributed by atoms with Crippen LogP contribution in [0.1, 0.15) is 69.6 Å². The lowest BCUT2D eigenvalue weighted by atomic mass is 10.2. The maximum atomic E-state index is 12.6. The molecular formula is C37H38O11. The van der Waals surface area contributed by atoms with Gasteiger partial charge in [0.2, 0.25) is 0 Å². The first-order valence-corrected chi connectivity index (χ1v) is 15.4. The first-order chi connectivity index (χ1) is 23.3. The van der Waals surface area contributed by atoms with Crippen molar-refractivity contribution in [2.45, 2.75) is 38.5 Å². The molecule has 0 saturated carbocycles. The van der Waals surface area contributed by atoms with Crippen molar-refractivity contribution in [2.24, 2.45) is 0 Å². The van der Waals surface area contributed by atoms with E-state index in [-0.39, 0.29) is 23.7 Å². The van der Waals surface area contributed by atoms with Gasteiger partial charge in [-0.1, -0.05) is 13.2 Å². The van der Waals surface area contributed by atoms with E-state index in [9.17, 15) is 24.0 Å². The van der Waals surface area contributed by atoms with Gasteiger partial charge in [0.1, 0.15) is 17.2 Å². The van der Waals surface area contributed by atoms with Crippen molar-refractivity contribution in [3.63, 3.8) is 0 Å². The van der Waals surface area contributed by atoms with Crippen molar-refractivity contribution in [3.8, 4) is 17.2 Å². The number of carbonyl (C=O) groups is 5. The molecule has 0 fully saturated rings. The first kappa shape index (κ1) is 36.8. The van der Waals surface area contributed by atoms with Crippen LogP contribution in [0.25, 0.3) is 0 Å². The lowest BCUT2D eigenvalue weighted by Gasteiger charge is -2.09. The van der Waals surface area contributed by atoms with Crippen molar-refractivity contribution >= 4 is 29.8 Å². The Morgan fingerprint density at radius 2 is 0.792 bits per heavy atom. The molecule has 0 N–H and O–H groups in total. The molecule has 0 unspecified atom stereocenters. The van der Waals surface area contributed by atoms with Gasteiger partial charge in [0.05, 0.1) is 43.1 Å². The summed E-state index contributed by atoms with van der Waals surface area (Å²) in [5.74, 6) is -1.53. The molecule has 11 heteroatoms. The van der Waals surface area contributed by atoms with Gasteiger partial charge in [-0.05, 0) is 111 Å². The average Bonchev–Trinajstić information content (AvgIpc) is 3.11. The molecule has 0 saturated heterocycles. The Labute approximate surface area is 279 Å². The van der Waals surface area contributed by atoms with Gasteiger partial charge in [0, 0.05) is 12.2 Å². The Hall–Kier alpha value is -5.71. The summed E-state index contributed by atoms with van der Waals surface area (Å²) >= 11 is 0. The van der Waals surface area contributed by atoms with Crippen molar-refractivity contribution in [1.82, 2.24) is 0 Å². The molecule has 252 valence electrons. The van der Waals surface area contributed by atoms with Crippen LogP contribution in [0.4, 0.5) is 0 Å². The highest BCUT2D eigenvalue weighted by Crippen LogP contribution is 2.19. The fraction of sp³-hybridized carbons (Fsp3) is 0.270. The fourth-order valence-corrected chi connectivity index (χ4v) is 4.00. The zero-order chi connectivity index (χ0) is 34.6. The lowest BCUT2D eigenvalue weighted by Crippen LogP contribution is -2.11. The number of esters is 5. The molecule has 0 radical (unpaired) electrons. The first-order valence-electron chi connectivity index (χ1n) is 15.4. The summed E-state index contributed by atoms with van der Waals surface area (Å²) in [5.41, 5.74) is 0.868. The predicted molar refractivity (Wildman–Crippen MR) is 175 cm³/mol. The van der Waals surface area contributed by atoms with E-state index in [1.165, 1.54) is 48.5 Å². The normalized spacial score (nSPS) is 10.2. The standard InChI is InChI=1S/C37H38O11/c1-3-33(38)44-24-7-5-6-8-26-46-35(40)27-13-19-31(20-14-27)47-37(42)29-15-21-32(22-16-29)48-36(41)28-11-17-30(18-12-28)43-23-9-10-25-45-34(39)4-2/h3-4,11-22H,1-2,5-10,23-26H2. The molecule has 0 bridgehead atoms. The smallest absolute Gasteiger partial charge is 0.343 e. The summed E-state index contributed by atoms with van der Waals surface area (Å²) in [4.78, 5) is 59.5. The van der Waals surface area contributed by atoms with Crippen LogP contribution in [0.15, 0.2) is 98.1 Å². The summed E-state index contributed by atoms with van der Waals surface area (Å²) in [5, 5.41) is 0. The second kappa shape index (κ2) is 20.4. The van der Waals surface area contributed by atoms with Gasteiger partial charge in [0.25, 0.3) is 0 Å². The number of carbonyl (C=O) groups excluding carboxylic acids is 5. The van der Waals surface area contributed by atoms with Crippen LogP contribution < -0.4 is 14.2 Å². The summed E-state index contributed by atoms with van der Waals surface area (Å²) in [6, 6.07) is 18.4. The summed E-state index contributed by atoms with van der Waals surface area (Å²) in [7, 11) is 0. The van der Waals surface area contributed by atoms with E-state index in [1.807, 2.05) is 0 Å². The highest BCUT2D eigenvalue weighted by Gasteiger charge is 2.13. The highest BCUT2D eigenvalue weighted by molar-refractivity contribution is 5.93. The van der Waals surface area contributed by atoms with Crippen LogP contribution in [-0.4, -0.2) is 56.3 Å². The average molecular weight is 659 g/mol. The number of hydrogen-bond donors (Lipinski definition) is 0. The zero-order valence-corrected chi connectivity index (χ0v) is 26.6. The number of unbranched alkanes of at least 4 members (excludes halogenated alkanes) is 4. The monoisotopic (exact) mass is 658 g/mol. The van der Waals surface area contributed by atoms with Gasteiger partial charge in [-0.25, -0.2) is 24.0 Å². The Kier molecular flexibility index (Phi) is 15.6. The zero-order valence-electron chi connectivity index (χ0n) is 26.6. The molecule has 0 aliphatic rings. The van der Waals surface area contributed by atoms with Crippen molar-refractivity contribution in [1.29, 1.82) is 0 Å². The van der Waals surface area contributed by atoms with Crippen molar-refractivity contribution in [2.75, 3.05) is 26.4 Å². The SMILES string of the molecule is C=CC(=O)OCCCCCCOC(=O)c1ccc(OC(=O)c2ccc(OC(=O)c3ccc(OCCCCOC(=O)C=C)cc3)cc2)cc1. The van der Waals surface area contributed by atoms with E-state index in [1.54, 1.807) is 24.3 Å². The Balaban J connectivity index is 1.36. The van der Waals surface area contributed by atoms with Gasteiger partial charge >= 0.3 is 29.8 Å². The summed E-state index contributed by atoms with van der Waals surface area (Å²) < 4.78 is 31.5. The quantitative estimate of drug-likeness (QED) is 0.0434.